The Bertz CT molecular complexity index is 85.0. The van der Waals surface area contributed by atoms with Crippen LogP contribution >= 0.6 is 11.8 Å². The predicted molar refractivity (Wildman–Crippen MR) is 44.0 cm³/mol. The molecular weight excluding hydrogens is 130 g/mol. The Labute approximate surface area is 61.8 Å². The highest BCUT2D eigenvalue weighted by Gasteiger charge is 2.13. The van der Waals surface area contributed by atoms with E-state index in [2.05, 4.69) is 30.5 Å². The van der Waals surface area contributed by atoms with Crippen LogP contribution in [0.2, 0.25) is 0 Å². The summed E-state index contributed by atoms with van der Waals surface area (Å²) in [6.07, 6.45) is 0. The summed E-state index contributed by atoms with van der Waals surface area (Å²) in [5.41, 5.74) is 0. The fraction of sp³-hybridized carbons (Fsp3) is 1.00. The van der Waals surface area contributed by atoms with E-state index in [1.165, 1.54) is 25.4 Å². The molecule has 0 amide bonds. The molecule has 1 aliphatic rings. The van der Waals surface area contributed by atoms with E-state index in [1.54, 1.807) is 0 Å². The molecule has 0 aromatic rings. The normalized spacial score (nSPS) is 30.7. The lowest BCUT2D eigenvalue weighted by Crippen LogP contribution is -2.36. The maximum Gasteiger partial charge on any atom is 0.0147 e. The van der Waals surface area contributed by atoms with Crippen LogP contribution in [0.25, 0.3) is 0 Å². The van der Waals surface area contributed by atoms with Crippen molar-refractivity contribution < 1.29 is 0 Å². The largest absolute Gasteiger partial charge is 0.302 e. The average Bonchev–Trinajstić information content (AvgIpc) is 1.88. The van der Waals surface area contributed by atoms with E-state index in [0.29, 0.717) is 0 Å². The van der Waals surface area contributed by atoms with Gasteiger partial charge in [-0.15, -0.1) is 0 Å². The summed E-state index contributed by atoms with van der Waals surface area (Å²) in [5.74, 6) is 1.33. The maximum atomic E-state index is 2.52. The first kappa shape index (κ1) is 7.42. The first-order chi connectivity index (χ1) is 4.33. The van der Waals surface area contributed by atoms with E-state index in [9.17, 15) is 0 Å². The van der Waals surface area contributed by atoms with Crippen molar-refractivity contribution >= 4 is 11.8 Å². The molecule has 1 fully saturated rings. The second kappa shape index (κ2) is 3.47. The average molecular weight is 145 g/mol. The van der Waals surface area contributed by atoms with Crippen molar-refractivity contribution in [2.24, 2.45) is 0 Å². The third-order valence-electron chi connectivity index (χ3n) is 1.77. The topological polar surface area (TPSA) is 3.24 Å². The molecule has 0 aliphatic carbocycles. The van der Waals surface area contributed by atoms with E-state index < -0.39 is 0 Å². The molecule has 1 saturated heterocycles. The van der Waals surface area contributed by atoms with Crippen molar-refractivity contribution in [3.8, 4) is 0 Å². The Morgan fingerprint density at radius 3 is 2.89 bits per heavy atom. The fourth-order valence-corrected chi connectivity index (χ4v) is 2.26. The minimum absolute atomic E-state index is 0.860. The summed E-state index contributed by atoms with van der Waals surface area (Å²) in [6.45, 7) is 8.37. The maximum absolute atomic E-state index is 2.52. The molecule has 1 aliphatic heterocycles. The third-order valence-corrected chi connectivity index (χ3v) is 2.91. The monoisotopic (exact) mass is 145 g/mol. The van der Waals surface area contributed by atoms with E-state index >= 15 is 0 Å². The summed E-state index contributed by atoms with van der Waals surface area (Å²) in [4.78, 5) is 2.52. The van der Waals surface area contributed by atoms with E-state index in [-0.39, 0.29) is 0 Å². The van der Waals surface area contributed by atoms with Crippen LogP contribution in [0.4, 0.5) is 0 Å². The van der Waals surface area contributed by atoms with Crippen molar-refractivity contribution in [2.45, 2.75) is 19.1 Å². The molecule has 0 aromatic heterocycles. The van der Waals surface area contributed by atoms with E-state index in [1.807, 2.05) is 0 Å². The lowest BCUT2D eigenvalue weighted by atomic mass is 10.4. The van der Waals surface area contributed by atoms with Crippen LogP contribution in [-0.4, -0.2) is 35.5 Å². The van der Waals surface area contributed by atoms with Crippen LogP contribution in [0.15, 0.2) is 0 Å². The lowest BCUT2D eigenvalue weighted by molar-refractivity contribution is 0.302. The van der Waals surface area contributed by atoms with Crippen molar-refractivity contribution in [3.05, 3.63) is 0 Å². The van der Waals surface area contributed by atoms with Gasteiger partial charge in [0.25, 0.3) is 0 Å². The Morgan fingerprint density at radius 1 is 1.67 bits per heavy atom. The van der Waals surface area contributed by atoms with Crippen LogP contribution in [0, 0.1) is 0 Å². The molecular formula is C7H15NS. The third kappa shape index (κ3) is 2.18. The van der Waals surface area contributed by atoms with Gasteiger partial charge in [0.2, 0.25) is 0 Å². The van der Waals surface area contributed by atoms with Crippen LogP contribution in [0.1, 0.15) is 13.8 Å². The SMILES string of the molecule is CCN1CCS[C@@H](C)C1. The fourth-order valence-electron chi connectivity index (χ4n) is 1.18. The molecule has 1 atom stereocenters. The van der Waals surface area contributed by atoms with Crippen LogP contribution in [0.5, 0.6) is 0 Å². The number of thioether (sulfide) groups is 1. The zero-order valence-electron chi connectivity index (χ0n) is 6.26. The Balaban J connectivity index is 2.23. The highest BCUT2D eigenvalue weighted by molar-refractivity contribution is 7.99. The van der Waals surface area contributed by atoms with Gasteiger partial charge in [0.1, 0.15) is 0 Å². The molecule has 1 nitrogen and oxygen atoms in total. The first-order valence-electron chi connectivity index (χ1n) is 3.67. The van der Waals surface area contributed by atoms with Crippen molar-refractivity contribution in [2.75, 3.05) is 25.4 Å². The highest BCUT2D eigenvalue weighted by Crippen LogP contribution is 2.16. The standard InChI is InChI=1S/C7H15NS/c1-3-8-4-5-9-7(2)6-8/h7H,3-6H2,1-2H3/t7-/m0/s1. The molecule has 9 heavy (non-hydrogen) atoms. The summed E-state index contributed by atoms with van der Waals surface area (Å²) in [6, 6.07) is 0. The molecule has 2 heteroatoms. The van der Waals surface area contributed by atoms with Gasteiger partial charge in [0, 0.05) is 24.1 Å². The number of rotatable bonds is 1. The highest BCUT2D eigenvalue weighted by atomic mass is 32.2. The molecule has 0 aromatic carbocycles. The van der Waals surface area contributed by atoms with Gasteiger partial charge in [-0.2, -0.15) is 11.8 Å². The van der Waals surface area contributed by atoms with Crippen molar-refractivity contribution in [1.82, 2.24) is 4.90 Å². The summed E-state index contributed by atoms with van der Waals surface area (Å²) in [5, 5.41) is 0.860. The van der Waals surface area contributed by atoms with Crippen LogP contribution in [-0.2, 0) is 0 Å². The van der Waals surface area contributed by atoms with E-state index in [0.717, 1.165) is 5.25 Å². The molecule has 0 N–H and O–H groups in total. The molecule has 54 valence electrons. The Hall–Kier alpha value is 0.310. The molecule has 0 radical (unpaired) electrons. The minimum atomic E-state index is 0.860. The molecule has 1 rings (SSSR count). The Kier molecular flexibility index (Phi) is 2.86. The second-order valence-corrected chi connectivity index (χ2v) is 4.12. The van der Waals surface area contributed by atoms with Crippen molar-refractivity contribution in [1.29, 1.82) is 0 Å². The molecule has 0 unspecified atom stereocenters. The Morgan fingerprint density at radius 2 is 2.44 bits per heavy atom. The van der Waals surface area contributed by atoms with Gasteiger partial charge in [-0.05, 0) is 6.54 Å². The van der Waals surface area contributed by atoms with Gasteiger partial charge in [-0.1, -0.05) is 13.8 Å². The van der Waals surface area contributed by atoms with Crippen LogP contribution in [0.3, 0.4) is 0 Å². The summed E-state index contributed by atoms with van der Waals surface area (Å²) in [7, 11) is 0. The second-order valence-electron chi connectivity index (χ2n) is 2.57. The molecule has 0 bridgehead atoms. The first-order valence-corrected chi connectivity index (χ1v) is 4.71. The van der Waals surface area contributed by atoms with E-state index in [4.69, 9.17) is 0 Å². The minimum Gasteiger partial charge on any atom is -0.302 e. The van der Waals surface area contributed by atoms with Gasteiger partial charge < -0.3 is 4.90 Å². The number of nitrogens with zero attached hydrogens (tertiary/aromatic N) is 1. The van der Waals surface area contributed by atoms with Gasteiger partial charge in [0.15, 0.2) is 0 Å². The smallest absolute Gasteiger partial charge is 0.0147 e. The zero-order chi connectivity index (χ0) is 6.69. The molecule has 1 heterocycles. The molecule has 0 spiro atoms. The zero-order valence-corrected chi connectivity index (χ0v) is 7.08. The van der Waals surface area contributed by atoms with Gasteiger partial charge in [-0.3, -0.25) is 0 Å². The van der Waals surface area contributed by atoms with Crippen LogP contribution < -0.4 is 0 Å². The van der Waals surface area contributed by atoms with Gasteiger partial charge >= 0.3 is 0 Å². The van der Waals surface area contributed by atoms with Crippen molar-refractivity contribution in [3.63, 3.8) is 0 Å². The van der Waals surface area contributed by atoms with Gasteiger partial charge in [0.05, 0.1) is 0 Å². The van der Waals surface area contributed by atoms with Gasteiger partial charge in [-0.25, -0.2) is 0 Å². The summed E-state index contributed by atoms with van der Waals surface area (Å²) >= 11 is 2.10. The summed E-state index contributed by atoms with van der Waals surface area (Å²) < 4.78 is 0. The lowest BCUT2D eigenvalue weighted by Gasteiger charge is -2.29. The number of hydrogen-bond donors (Lipinski definition) is 0. The molecule has 0 saturated carbocycles. The quantitative estimate of drug-likeness (QED) is 0.549. The predicted octanol–water partition coefficient (Wildman–Crippen LogP) is 1.44. The number of hydrogen-bond acceptors (Lipinski definition) is 2.